The topological polar surface area (TPSA) is 70.3 Å². The lowest BCUT2D eigenvalue weighted by Crippen LogP contribution is -2.33. The zero-order chi connectivity index (χ0) is 20.6. The van der Waals surface area contributed by atoms with Gasteiger partial charge in [-0.15, -0.1) is 11.3 Å². The van der Waals surface area contributed by atoms with E-state index < -0.39 is 0 Å². The number of thiophene rings is 1. The summed E-state index contributed by atoms with van der Waals surface area (Å²) < 4.78 is 11.8. The van der Waals surface area contributed by atoms with Gasteiger partial charge in [-0.3, -0.25) is 0 Å². The first-order valence-electron chi connectivity index (χ1n) is 9.97. The van der Waals surface area contributed by atoms with E-state index in [1.54, 1.807) is 23.1 Å². The van der Waals surface area contributed by atoms with Gasteiger partial charge in [-0.25, -0.2) is 9.97 Å². The van der Waals surface area contributed by atoms with Crippen LogP contribution in [0.15, 0.2) is 29.4 Å². The van der Waals surface area contributed by atoms with Crippen LogP contribution in [0.25, 0.3) is 10.2 Å². The average molecular weight is 430 g/mol. The molecule has 5 nitrogen and oxygen atoms in total. The van der Waals surface area contributed by atoms with Crippen molar-refractivity contribution in [3.8, 4) is 5.75 Å². The Bertz CT molecular complexity index is 1020. The van der Waals surface area contributed by atoms with E-state index in [-0.39, 0.29) is 11.7 Å². The number of aromatic nitrogens is 2. The Balaban J connectivity index is 1.52. The zero-order valence-corrected chi connectivity index (χ0v) is 19.0. The fourth-order valence-corrected chi connectivity index (χ4v) is 5.43. The van der Waals surface area contributed by atoms with Crippen LogP contribution < -0.4 is 10.5 Å². The number of benzene rings is 1. The fraction of sp³-hybridized carbons (Fsp3) is 0.455. The molecule has 0 amide bonds. The van der Waals surface area contributed by atoms with Gasteiger partial charge in [0.2, 0.25) is 0 Å². The van der Waals surface area contributed by atoms with E-state index in [0.29, 0.717) is 12.4 Å². The van der Waals surface area contributed by atoms with Gasteiger partial charge in [0.05, 0.1) is 23.7 Å². The van der Waals surface area contributed by atoms with E-state index >= 15 is 0 Å². The molecule has 0 radical (unpaired) electrons. The van der Waals surface area contributed by atoms with E-state index in [2.05, 4.69) is 31.0 Å². The fourth-order valence-electron chi connectivity index (χ4n) is 3.46. The standard InChI is InChI=1S/C22H27N3O2S2/c1-5-22(4)10-16-17(11-26-22)29-20-18(16)19(23)24-21(25-20)28-12-14-6-8-15(9-7-14)27-13(2)3/h6-9,13H,5,10-12H2,1-4H3,(H2,23,24,25). The van der Waals surface area contributed by atoms with Crippen molar-refractivity contribution >= 4 is 39.1 Å². The van der Waals surface area contributed by atoms with Crippen molar-refractivity contribution in [2.45, 2.75) is 69.8 Å². The molecule has 0 bridgehead atoms. The van der Waals surface area contributed by atoms with Gasteiger partial charge in [0, 0.05) is 17.1 Å². The normalized spacial score (nSPS) is 18.9. The van der Waals surface area contributed by atoms with Gasteiger partial charge in [0.25, 0.3) is 0 Å². The molecule has 7 heteroatoms. The van der Waals surface area contributed by atoms with Crippen molar-refractivity contribution in [3.63, 3.8) is 0 Å². The Labute approximate surface area is 180 Å². The Hall–Kier alpha value is -1.83. The van der Waals surface area contributed by atoms with Crippen molar-refractivity contribution in [1.82, 2.24) is 9.97 Å². The van der Waals surface area contributed by atoms with Gasteiger partial charge in [-0.05, 0) is 50.5 Å². The van der Waals surface area contributed by atoms with Crippen LogP contribution in [0.4, 0.5) is 5.82 Å². The summed E-state index contributed by atoms with van der Waals surface area (Å²) in [5.41, 5.74) is 8.72. The zero-order valence-electron chi connectivity index (χ0n) is 17.3. The quantitative estimate of drug-likeness (QED) is 0.407. The number of ether oxygens (including phenoxy) is 2. The summed E-state index contributed by atoms with van der Waals surface area (Å²) in [6.45, 7) is 9.01. The number of hydrogen-bond acceptors (Lipinski definition) is 7. The molecule has 3 heterocycles. The Morgan fingerprint density at radius 3 is 2.72 bits per heavy atom. The monoisotopic (exact) mass is 429 g/mol. The SMILES string of the molecule is CCC1(C)Cc2c(sc3nc(SCc4ccc(OC(C)C)cc4)nc(N)c23)CO1. The maximum atomic E-state index is 6.38. The molecule has 3 aromatic rings. The first-order valence-corrected chi connectivity index (χ1v) is 11.8. The molecule has 1 aliphatic rings. The highest BCUT2D eigenvalue weighted by Crippen LogP contribution is 2.41. The van der Waals surface area contributed by atoms with E-state index in [4.69, 9.17) is 20.2 Å². The molecule has 2 aromatic heterocycles. The van der Waals surface area contributed by atoms with Gasteiger partial charge >= 0.3 is 0 Å². The lowest BCUT2D eigenvalue weighted by Gasteiger charge is -2.33. The van der Waals surface area contributed by atoms with E-state index in [1.807, 2.05) is 26.0 Å². The highest BCUT2D eigenvalue weighted by molar-refractivity contribution is 7.98. The lowest BCUT2D eigenvalue weighted by atomic mass is 9.90. The van der Waals surface area contributed by atoms with Crippen molar-refractivity contribution in [3.05, 3.63) is 40.3 Å². The number of thioether (sulfide) groups is 1. The minimum absolute atomic E-state index is 0.133. The molecule has 1 aromatic carbocycles. The summed E-state index contributed by atoms with van der Waals surface area (Å²) in [6.07, 6.45) is 2.01. The molecule has 0 aliphatic carbocycles. The summed E-state index contributed by atoms with van der Waals surface area (Å²) in [7, 11) is 0. The molecule has 0 saturated carbocycles. The third kappa shape index (κ3) is 4.37. The smallest absolute Gasteiger partial charge is 0.191 e. The third-order valence-corrected chi connectivity index (χ3v) is 7.27. The molecule has 0 fully saturated rings. The van der Waals surface area contributed by atoms with Gasteiger partial charge in [0.15, 0.2) is 5.16 Å². The summed E-state index contributed by atoms with van der Waals surface area (Å²) >= 11 is 3.29. The Morgan fingerprint density at radius 2 is 2.03 bits per heavy atom. The first-order chi connectivity index (χ1) is 13.9. The lowest BCUT2D eigenvalue weighted by molar-refractivity contribution is -0.0542. The predicted molar refractivity (Wildman–Crippen MR) is 121 cm³/mol. The summed E-state index contributed by atoms with van der Waals surface area (Å²) in [4.78, 5) is 11.6. The van der Waals surface area contributed by atoms with Crippen LogP contribution in [-0.4, -0.2) is 21.7 Å². The molecule has 1 unspecified atom stereocenters. The molecule has 2 N–H and O–H groups in total. The number of nitrogens with zero attached hydrogens (tertiary/aromatic N) is 2. The molecule has 0 spiro atoms. The molecule has 0 saturated heterocycles. The maximum absolute atomic E-state index is 6.38. The molecular formula is C22H27N3O2S2. The third-order valence-electron chi connectivity index (χ3n) is 5.25. The minimum atomic E-state index is -0.133. The molecule has 29 heavy (non-hydrogen) atoms. The van der Waals surface area contributed by atoms with Crippen LogP contribution in [0.5, 0.6) is 5.75 Å². The van der Waals surface area contributed by atoms with Gasteiger partial charge in [-0.1, -0.05) is 30.8 Å². The number of anilines is 1. The summed E-state index contributed by atoms with van der Waals surface area (Å²) in [5, 5.41) is 1.74. The molecule has 4 rings (SSSR count). The van der Waals surface area contributed by atoms with E-state index in [9.17, 15) is 0 Å². The number of fused-ring (bicyclic) bond motifs is 3. The summed E-state index contributed by atoms with van der Waals surface area (Å²) in [6, 6.07) is 8.18. The molecular weight excluding hydrogens is 402 g/mol. The summed E-state index contributed by atoms with van der Waals surface area (Å²) in [5.74, 6) is 2.26. The van der Waals surface area contributed by atoms with E-state index in [1.165, 1.54) is 16.0 Å². The first kappa shape index (κ1) is 20.4. The molecule has 1 aliphatic heterocycles. The second-order valence-corrected chi connectivity index (χ2v) is 9.97. The number of nitrogens with two attached hydrogens (primary N) is 1. The van der Waals surface area contributed by atoms with Gasteiger partial charge in [0.1, 0.15) is 16.4 Å². The van der Waals surface area contributed by atoms with Gasteiger partial charge in [-0.2, -0.15) is 0 Å². The Morgan fingerprint density at radius 1 is 1.28 bits per heavy atom. The maximum Gasteiger partial charge on any atom is 0.191 e. The van der Waals surface area contributed by atoms with Crippen molar-refractivity contribution in [1.29, 1.82) is 0 Å². The van der Waals surface area contributed by atoms with Crippen molar-refractivity contribution < 1.29 is 9.47 Å². The van der Waals surface area contributed by atoms with Crippen LogP contribution in [0, 0.1) is 0 Å². The second-order valence-electron chi connectivity index (χ2n) is 7.94. The minimum Gasteiger partial charge on any atom is -0.491 e. The van der Waals surface area contributed by atoms with Crippen LogP contribution in [0.3, 0.4) is 0 Å². The van der Waals surface area contributed by atoms with Gasteiger partial charge < -0.3 is 15.2 Å². The molecule has 1 atom stereocenters. The van der Waals surface area contributed by atoms with Crippen LogP contribution >= 0.6 is 23.1 Å². The largest absolute Gasteiger partial charge is 0.491 e. The second kappa shape index (κ2) is 8.13. The van der Waals surface area contributed by atoms with Crippen LogP contribution in [0.2, 0.25) is 0 Å². The number of rotatable bonds is 6. The predicted octanol–water partition coefficient (Wildman–Crippen LogP) is 5.59. The van der Waals surface area contributed by atoms with Crippen LogP contribution in [-0.2, 0) is 23.5 Å². The number of hydrogen-bond donors (Lipinski definition) is 1. The van der Waals surface area contributed by atoms with Crippen LogP contribution in [0.1, 0.15) is 50.1 Å². The average Bonchev–Trinajstić information content (AvgIpc) is 3.05. The van der Waals surface area contributed by atoms with Crippen molar-refractivity contribution in [2.75, 3.05) is 5.73 Å². The number of nitrogen functional groups attached to an aromatic ring is 1. The highest BCUT2D eigenvalue weighted by Gasteiger charge is 2.33. The molecule has 154 valence electrons. The van der Waals surface area contributed by atoms with Crippen molar-refractivity contribution in [2.24, 2.45) is 0 Å². The Kier molecular flexibility index (Phi) is 5.73. The van der Waals surface area contributed by atoms with E-state index in [0.717, 1.165) is 39.7 Å². The highest BCUT2D eigenvalue weighted by atomic mass is 32.2.